The maximum Gasteiger partial charge on any atom is 0.244 e. The molecule has 2 rings (SSSR count). The van der Waals surface area contributed by atoms with Gasteiger partial charge in [0.1, 0.15) is 12.6 Å². The van der Waals surface area contributed by atoms with Crippen molar-refractivity contribution >= 4 is 27.5 Å². The molecular weight excluding hydrogens is 462 g/mol. The highest BCUT2D eigenvalue weighted by molar-refractivity contribution is 7.92. The molecule has 0 fully saturated rings. The lowest BCUT2D eigenvalue weighted by molar-refractivity contribution is -0.139. The zero-order valence-corrected chi connectivity index (χ0v) is 22.7. The van der Waals surface area contributed by atoms with E-state index in [1.807, 2.05) is 71.0 Å². The van der Waals surface area contributed by atoms with Crippen LogP contribution in [-0.2, 0) is 26.2 Å². The average molecular weight is 502 g/mol. The summed E-state index contributed by atoms with van der Waals surface area (Å²) in [5.74, 6) is -0.648. The van der Waals surface area contributed by atoms with Gasteiger partial charge in [-0.2, -0.15) is 0 Å². The van der Waals surface area contributed by atoms with E-state index < -0.39 is 28.5 Å². The van der Waals surface area contributed by atoms with Gasteiger partial charge in [0.2, 0.25) is 21.8 Å². The van der Waals surface area contributed by atoms with Gasteiger partial charge in [0, 0.05) is 12.6 Å². The van der Waals surface area contributed by atoms with E-state index in [9.17, 15) is 18.0 Å². The molecule has 2 atom stereocenters. The van der Waals surface area contributed by atoms with E-state index in [0.717, 1.165) is 33.7 Å². The van der Waals surface area contributed by atoms with Crippen LogP contribution in [0.25, 0.3) is 0 Å². The monoisotopic (exact) mass is 501 g/mol. The fourth-order valence-electron chi connectivity index (χ4n) is 3.85. The standard InChI is InChI=1S/C27H39N3O4S/c1-8-21(5)28-27(32)22(6)29(17-23-13-11-12-20(4)16-23)26(31)18-30(35(7,33)34)25-15-10-9-14-24(25)19(2)3/h9-16,19,21-22H,8,17-18H2,1-7H3,(H,28,32)/t21-,22+/m0/s1. The number of hydrogen-bond acceptors (Lipinski definition) is 4. The van der Waals surface area contributed by atoms with E-state index >= 15 is 0 Å². The number of carbonyl (C=O) groups is 2. The Kier molecular flexibility index (Phi) is 9.89. The molecule has 0 aromatic heterocycles. The number of amides is 2. The molecule has 8 heteroatoms. The van der Waals surface area contributed by atoms with Gasteiger partial charge in [-0.05, 0) is 50.3 Å². The van der Waals surface area contributed by atoms with E-state index in [1.54, 1.807) is 19.1 Å². The lowest BCUT2D eigenvalue weighted by Crippen LogP contribution is -2.52. The Balaban J connectivity index is 2.45. The van der Waals surface area contributed by atoms with Gasteiger partial charge in [0.15, 0.2) is 0 Å². The van der Waals surface area contributed by atoms with Crippen molar-refractivity contribution in [3.05, 3.63) is 65.2 Å². The molecule has 192 valence electrons. The van der Waals surface area contributed by atoms with Crippen LogP contribution in [0.4, 0.5) is 5.69 Å². The Bertz CT molecular complexity index is 1130. The van der Waals surface area contributed by atoms with E-state index in [1.165, 1.54) is 4.90 Å². The van der Waals surface area contributed by atoms with Crippen molar-refractivity contribution in [2.45, 2.75) is 72.5 Å². The first kappa shape index (κ1) is 28.4. The zero-order chi connectivity index (χ0) is 26.3. The maximum atomic E-state index is 13.7. The third-order valence-electron chi connectivity index (χ3n) is 6.11. The van der Waals surface area contributed by atoms with Gasteiger partial charge in [0.05, 0.1) is 11.9 Å². The number of anilines is 1. The summed E-state index contributed by atoms with van der Waals surface area (Å²) in [7, 11) is -3.77. The number of carbonyl (C=O) groups excluding carboxylic acids is 2. The number of para-hydroxylation sites is 1. The molecule has 0 radical (unpaired) electrons. The van der Waals surface area contributed by atoms with E-state index in [2.05, 4.69) is 5.32 Å². The average Bonchev–Trinajstić information content (AvgIpc) is 2.79. The Labute approximate surface area is 210 Å². The van der Waals surface area contributed by atoms with Gasteiger partial charge in [0.25, 0.3) is 0 Å². The summed E-state index contributed by atoms with van der Waals surface area (Å²) < 4.78 is 26.8. The minimum atomic E-state index is -3.77. The summed E-state index contributed by atoms with van der Waals surface area (Å²) in [6.45, 7) is 11.3. The first-order chi connectivity index (χ1) is 16.3. The predicted octanol–water partition coefficient (Wildman–Crippen LogP) is 4.22. The molecule has 1 N–H and O–H groups in total. The quantitative estimate of drug-likeness (QED) is 0.500. The van der Waals surface area contributed by atoms with Crippen LogP contribution in [-0.4, -0.2) is 50.0 Å². The third kappa shape index (κ3) is 7.82. The number of hydrogen-bond donors (Lipinski definition) is 1. The Morgan fingerprint density at radius 3 is 2.23 bits per heavy atom. The third-order valence-corrected chi connectivity index (χ3v) is 7.24. The first-order valence-corrected chi connectivity index (χ1v) is 13.9. The van der Waals surface area contributed by atoms with E-state index in [0.29, 0.717) is 5.69 Å². The van der Waals surface area contributed by atoms with Crippen molar-refractivity contribution in [2.75, 3.05) is 17.1 Å². The van der Waals surface area contributed by atoms with Crippen LogP contribution in [0.2, 0.25) is 0 Å². The van der Waals surface area contributed by atoms with E-state index in [-0.39, 0.29) is 24.4 Å². The normalized spacial score (nSPS) is 13.3. The summed E-state index contributed by atoms with van der Waals surface area (Å²) in [4.78, 5) is 28.1. The first-order valence-electron chi connectivity index (χ1n) is 12.1. The minimum absolute atomic E-state index is 0.0358. The van der Waals surface area contributed by atoms with Gasteiger partial charge in [-0.25, -0.2) is 8.42 Å². The van der Waals surface area contributed by atoms with Gasteiger partial charge < -0.3 is 10.2 Å². The fourth-order valence-corrected chi connectivity index (χ4v) is 4.72. The predicted molar refractivity (Wildman–Crippen MR) is 142 cm³/mol. The molecule has 0 aliphatic carbocycles. The summed E-state index contributed by atoms with van der Waals surface area (Å²) in [6, 6.07) is 14.1. The van der Waals surface area contributed by atoms with Crippen LogP contribution in [0.5, 0.6) is 0 Å². The van der Waals surface area contributed by atoms with Crippen molar-refractivity contribution in [1.29, 1.82) is 0 Å². The SMILES string of the molecule is CC[C@H](C)NC(=O)[C@@H](C)N(Cc1cccc(C)c1)C(=O)CN(c1ccccc1C(C)C)S(C)(=O)=O. The van der Waals surface area contributed by atoms with Gasteiger partial charge in [-0.1, -0.05) is 68.8 Å². The molecule has 0 unspecified atom stereocenters. The van der Waals surface area contributed by atoms with Crippen molar-refractivity contribution in [2.24, 2.45) is 0 Å². The van der Waals surface area contributed by atoms with Crippen molar-refractivity contribution in [3.63, 3.8) is 0 Å². The van der Waals surface area contributed by atoms with Gasteiger partial charge >= 0.3 is 0 Å². The van der Waals surface area contributed by atoms with Crippen LogP contribution in [0.15, 0.2) is 48.5 Å². The van der Waals surface area contributed by atoms with Crippen LogP contribution in [0.1, 0.15) is 63.6 Å². The molecule has 0 aliphatic rings. The highest BCUT2D eigenvalue weighted by atomic mass is 32.2. The highest BCUT2D eigenvalue weighted by Crippen LogP contribution is 2.29. The maximum absolute atomic E-state index is 13.7. The summed E-state index contributed by atoms with van der Waals surface area (Å²) >= 11 is 0. The molecular formula is C27H39N3O4S. The highest BCUT2D eigenvalue weighted by Gasteiger charge is 2.31. The molecule has 2 amide bonds. The van der Waals surface area contributed by atoms with Crippen LogP contribution < -0.4 is 9.62 Å². The van der Waals surface area contributed by atoms with Crippen molar-refractivity contribution in [3.8, 4) is 0 Å². The molecule has 0 bridgehead atoms. The second-order valence-corrected chi connectivity index (χ2v) is 11.4. The second kappa shape index (κ2) is 12.2. The van der Waals surface area contributed by atoms with Crippen LogP contribution >= 0.6 is 0 Å². The molecule has 2 aromatic rings. The molecule has 0 heterocycles. The molecule has 0 saturated carbocycles. The minimum Gasteiger partial charge on any atom is -0.352 e. The van der Waals surface area contributed by atoms with Gasteiger partial charge in [-0.3, -0.25) is 13.9 Å². The van der Waals surface area contributed by atoms with Gasteiger partial charge in [-0.15, -0.1) is 0 Å². The Morgan fingerprint density at radius 1 is 1.00 bits per heavy atom. The molecule has 35 heavy (non-hydrogen) atoms. The van der Waals surface area contributed by atoms with E-state index in [4.69, 9.17) is 0 Å². The Hall–Kier alpha value is -2.87. The number of aryl methyl sites for hydroxylation is 1. The number of benzene rings is 2. The van der Waals surface area contributed by atoms with Crippen molar-refractivity contribution in [1.82, 2.24) is 10.2 Å². The number of sulfonamides is 1. The summed E-state index contributed by atoms with van der Waals surface area (Å²) in [5, 5.41) is 2.94. The van der Waals surface area contributed by atoms with Crippen LogP contribution in [0, 0.1) is 6.92 Å². The lowest BCUT2D eigenvalue weighted by Gasteiger charge is -2.32. The lowest BCUT2D eigenvalue weighted by atomic mass is 10.0. The zero-order valence-electron chi connectivity index (χ0n) is 21.9. The molecule has 2 aromatic carbocycles. The van der Waals surface area contributed by atoms with Crippen LogP contribution in [0.3, 0.4) is 0 Å². The Morgan fingerprint density at radius 2 is 1.66 bits per heavy atom. The second-order valence-electron chi connectivity index (χ2n) is 9.49. The largest absolute Gasteiger partial charge is 0.352 e. The number of nitrogens with one attached hydrogen (secondary N) is 1. The van der Waals surface area contributed by atoms with Crippen molar-refractivity contribution < 1.29 is 18.0 Å². The smallest absolute Gasteiger partial charge is 0.244 e. The molecule has 0 aliphatic heterocycles. The molecule has 0 spiro atoms. The fraction of sp³-hybridized carbons (Fsp3) is 0.481. The summed E-state index contributed by atoms with van der Waals surface area (Å²) in [6.07, 6.45) is 1.86. The topological polar surface area (TPSA) is 86.8 Å². The summed E-state index contributed by atoms with van der Waals surface area (Å²) in [5.41, 5.74) is 3.22. The molecule has 7 nitrogen and oxygen atoms in total. The number of nitrogens with zero attached hydrogens (tertiary/aromatic N) is 2. The number of rotatable bonds is 11. The molecule has 0 saturated heterocycles.